The van der Waals surface area contributed by atoms with Crippen molar-refractivity contribution in [1.29, 1.82) is 0 Å². The molecule has 0 amide bonds. The largest absolute Gasteiger partial charge is 0.383 e. The van der Waals surface area contributed by atoms with Crippen molar-refractivity contribution >= 4 is 0 Å². The van der Waals surface area contributed by atoms with Crippen LogP contribution in [0, 0.1) is 11.8 Å². The molecule has 17 heavy (non-hydrogen) atoms. The zero-order valence-electron chi connectivity index (χ0n) is 12.2. The maximum atomic E-state index is 5.32. The summed E-state index contributed by atoms with van der Waals surface area (Å²) >= 11 is 0. The Labute approximate surface area is 108 Å². The molecule has 0 aromatic carbocycles. The zero-order chi connectivity index (χ0) is 12.7. The molecule has 102 valence electrons. The van der Waals surface area contributed by atoms with E-state index >= 15 is 0 Å². The highest BCUT2D eigenvalue weighted by Crippen LogP contribution is 2.26. The van der Waals surface area contributed by atoms with Crippen LogP contribution in [-0.4, -0.2) is 25.8 Å². The summed E-state index contributed by atoms with van der Waals surface area (Å²) in [5, 5.41) is 3.79. The van der Waals surface area contributed by atoms with E-state index in [0.29, 0.717) is 18.0 Å². The van der Waals surface area contributed by atoms with Gasteiger partial charge in [0.15, 0.2) is 0 Å². The third-order valence-corrected chi connectivity index (χ3v) is 4.23. The average molecular weight is 241 g/mol. The minimum Gasteiger partial charge on any atom is -0.383 e. The molecule has 0 aliphatic heterocycles. The van der Waals surface area contributed by atoms with E-state index in [2.05, 4.69) is 26.1 Å². The van der Waals surface area contributed by atoms with Crippen molar-refractivity contribution in [3.05, 3.63) is 0 Å². The van der Waals surface area contributed by atoms with Crippen LogP contribution in [0.5, 0.6) is 0 Å². The van der Waals surface area contributed by atoms with Gasteiger partial charge in [-0.25, -0.2) is 0 Å². The number of nitrogens with one attached hydrogen (secondary N) is 1. The minimum absolute atomic E-state index is 0.498. The predicted octanol–water partition coefficient (Wildman–Crippen LogP) is 3.61. The third kappa shape index (κ3) is 5.39. The van der Waals surface area contributed by atoms with Gasteiger partial charge in [-0.15, -0.1) is 0 Å². The van der Waals surface area contributed by atoms with Crippen LogP contribution in [0.25, 0.3) is 0 Å². The fourth-order valence-corrected chi connectivity index (χ4v) is 2.90. The Morgan fingerprint density at radius 2 is 1.65 bits per heavy atom. The van der Waals surface area contributed by atoms with Gasteiger partial charge in [-0.2, -0.15) is 0 Å². The summed E-state index contributed by atoms with van der Waals surface area (Å²) in [4.78, 5) is 0. The van der Waals surface area contributed by atoms with Gasteiger partial charge in [-0.3, -0.25) is 0 Å². The summed E-state index contributed by atoms with van der Waals surface area (Å²) in [6.07, 6.45) is 8.54. The Hall–Kier alpha value is -0.0800. The molecule has 0 aromatic heterocycles. The highest BCUT2D eigenvalue weighted by molar-refractivity contribution is 4.80. The minimum atomic E-state index is 0.498. The molecule has 1 aliphatic carbocycles. The molecule has 0 saturated heterocycles. The van der Waals surface area contributed by atoms with Crippen LogP contribution in [0.1, 0.15) is 59.3 Å². The van der Waals surface area contributed by atoms with Crippen LogP contribution in [0.4, 0.5) is 0 Å². The quantitative estimate of drug-likeness (QED) is 0.717. The summed E-state index contributed by atoms with van der Waals surface area (Å²) in [5.41, 5.74) is 0. The molecule has 0 bridgehead atoms. The number of rotatable bonds is 6. The van der Waals surface area contributed by atoms with Crippen LogP contribution in [0.15, 0.2) is 0 Å². The molecule has 2 nitrogen and oxygen atoms in total. The van der Waals surface area contributed by atoms with Gasteiger partial charge < -0.3 is 10.1 Å². The first-order chi connectivity index (χ1) is 8.15. The van der Waals surface area contributed by atoms with Crippen LogP contribution in [0.3, 0.4) is 0 Å². The highest BCUT2D eigenvalue weighted by atomic mass is 16.5. The number of hydrogen-bond acceptors (Lipinski definition) is 2. The monoisotopic (exact) mass is 241 g/mol. The van der Waals surface area contributed by atoms with Gasteiger partial charge in [0.1, 0.15) is 0 Å². The third-order valence-electron chi connectivity index (χ3n) is 4.23. The lowest BCUT2D eigenvalue weighted by atomic mass is 9.91. The molecule has 1 saturated carbocycles. The van der Waals surface area contributed by atoms with Crippen molar-refractivity contribution in [3.63, 3.8) is 0 Å². The molecule has 0 aromatic rings. The van der Waals surface area contributed by atoms with E-state index in [-0.39, 0.29) is 0 Å². The highest BCUT2D eigenvalue weighted by Gasteiger charge is 2.22. The molecule has 0 radical (unpaired) electrons. The maximum absolute atomic E-state index is 5.32. The lowest BCUT2D eigenvalue weighted by Gasteiger charge is -2.30. The molecular formula is C15H31NO. The molecule has 1 fully saturated rings. The topological polar surface area (TPSA) is 21.3 Å². The standard InChI is InChI=1S/C15H31NO/c1-12(2)15(11-17-4)16-13(3)14-9-7-5-6-8-10-14/h12-16H,5-11H2,1-4H3/t13-,15?/m1/s1. The van der Waals surface area contributed by atoms with Crippen LogP contribution in [-0.2, 0) is 4.74 Å². The van der Waals surface area contributed by atoms with E-state index in [1.165, 1.54) is 38.5 Å². The average Bonchev–Trinajstić information content (AvgIpc) is 2.56. The second kappa shape index (κ2) is 8.10. The molecule has 2 heteroatoms. The number of ether oxygens (including phenoxy) is 1. The Balaban J connectivity index is 2.41. The normalized spacial score (nSPS) is 22.4. The second-order valence-electron chi connectivity index (χ2n) is 6.01. The van der Waals surface area contributed by atoms with Crippen molar-refractivity contribution in [2.75, 3.05) is 13.7 Å². The molecule has 1 unspecified atom stereocenters. The Morgan fingerprint density at radius 1 is 1.06 bits per heavy atom. The summed E-state index contributed by atoms with van der Waals surface area (Å²) in [6, 6.07) is 1.13. The molecule has 0 spiro atoms. The first-order valence-corrected chi connectivity index (χ1v) is 7.40. The van der Waals surface area contributed by atoms with Crippen molar-refractivity contribution < 1.29 is 4.74 Å². The smallest absolute Gasteiger partial charge is 0.0618 e. The number of hydrogen-bond donors (Lipinski definition) is 1. The van der Waals surface area contributed by atoms with Crippen LogP contribution in [0.2, 0.25) is 0 Å². The van der Waals surface area contributed by atoms with Crippen molar-refractivity contribution in [1.82, 2.24) is 5.32 Å². The summed E-state index contributed by atoms with van der Waals surface area (Å²) in [5.74, 6) is 1.51. The van der Waals surface area contributed by atoms with Crippen LogP contribution >= 0.6 is 0 Å². The van der Waals surface area contributed by atoms with E-state index in [9.17, 15) is 0 Å². The first kappa shape index (κ1) is 15.0. The van der Waals surface area contributed by atoms with E-state index in [1.54, 1.807) is 7.11 Å². The van der Waals surface area contributed by atoms with Gasteiger partial charge in [0, 0.05) is 19.2 Å². The Bertz CT molecular complexity index is 185. The Kier molecular flexibility index (Phi) is 7.14. The Morgan fingerprint density at radius 3 is 2.12 bits per heavy atom. The van der Waals surface area contributed by atoms with Crippen molar-refractivity contribution in [2.45, 2.75) is 71.4 Å². The van der Waals surface area contributed by atoms with Gasteiger partial charge in [0.25, 0.3) is 0 Å². The summed E-state index contributed by atoms with van der Waals surface area (Å²) in [6.45, 7) is 7.74. The predicted molar refractivity (Wildman–Crippen MR) is 74.3 cm³/mol. The van der Waals surface area contributed by atoms with Gasteiger partial charge in [0.2, 0.25) is 0 Å². The van der Waals surface area contributed by atoms with Crippen LogP contribution < -0.4 is 5.32 Å². The molecule has 2 atom stereocenters. The lowest BCUT2D eigenvalue weighted by Crippen LogP contribution is -2.45. The second-order valence-corrected chi connectivity index (χ2v) is 6.01. The van der Waals surface area contributed by atoms with Gasteiger partial charge in [0.05, 0.1) is 6.61 Å². The fraction of sp³-hybridized carbons (Fsp3) is 1.00. The first-order valence-electron chi connectivity index (χ1n) is 7.40. The van der Waals surface area contributed by atoms with Gasteiger partial charge in [-0.1, -0.05) is 39.5 Å². The maximum Gasteiger partial charge on any atom is 0.0618 e. The molecule has 1 aliphatic rings. The molecule has 1 rings (SSSR count). The van der Waals surface area contributed by atoms with E-state index in [4.69, 9.17) is 4.74 Å². The van der Waals surface area contributed by atoms with Gasteiger partial charge >= 0.3 is 0 Å². The number of methoxy groups -OCH3 is 1. The van der Waals surface area contributed by atoms with Crippen molar-refractivity contribution in [2.24, 2.45) is 11.8 Å². The van der Waals surface area contributed by atoms with E-state index in [1.807, 2.05) is 0 Å². The van der Waals surface area contributed by atoms with Gasteiger partial charge in [-0.05, 0) is 31.6 Å². The van der Waals surface area contributed by atoms with E-state index in [0.717, 1.165) is 12.5 Å². The molecular weight excluding hydrogens is 210 g/mol. The SMILES string of the molecule is COCC(N[C@H](C)C1CCCCCC1)C(C)C. The molecule has 1 N–H and O–H groups in total. The van der Waals surface area contributed by atoms with Crippen molar-refractivity contribution in [3.8, 4) is 0 Å². The fourth-order valence-electron chi connectivity index (χ4n) is 2.90. The summed E-state index contributed by atoms with van der Waals surface area (Å²) in [7, 11) is 1.80. The zero-order valence-corrected chi connectivity index (χ0v) is 12.2. The lowest BCUT2D eigenvalue weighted by molar-refractivity contribution is 0.133. The summed E-state index contributed by atoms with van der Waals surface area (Å²) < 4.78 is 5.32. The van der Waals surface area contributed by atoms with E-state index < -0.39 is 0 Å². The molecule has 0 heterocycles.